The first-order valence-electron chi connectivity index (χ1n) is 13.1. The average molecular weight is 537 g/mol. The van der Waals surface area contributed by atoms with Crippen LogP contribution in [-0.4, -0.2) is 47.0 Å². The highest BCUT2D eigenvalue weighted by atomic mass is 16.5. The summed E-state index contributed by atoms with van der Waals surface area (Å²) in [5, 5.41) is 11.8. The molecule has 9 nitrogen and oxygen atoms in total. The number of aromatic nitrogens is 2. The molecule has 3 heterocycles. The zero-order valence-corrected chi connectivity index (χ0v) is 22.3. The van der Waals surface area contributed by atoms with E-state index in [-0.39, 0.29) is 17.3 Å². The maximum Gasteiger partial charge on any atom is 0.296 e. The Hall–Kier alpha value is -5.05. The number of imidazole rings is 1. The fourth-order valence-corrected chi connectivity index (χ4v) is 5.32. The second kappa shape index (κ2) is 9.92. The fourth-order valence-electron chi connectivity index (χ4n) is 5.32. The lowest BCUT2D eigenvalue weighted by Crippen LogP contribution is -2.32. The van der Waals surface area contributed by atoms with E-state index in [9.17, 15) is 14.7 Å². The van der Waals surface area contributed by atoms with Gasteiger partial charge in [0.2, 0.25) is 11.7 Å². The second-order valence-corrected chi connectivity index (χ2v) is 9.50. The van der Waals surface area contributed by atoms with E-state index < -0.39 is 23.5 Å². The summed E-state index contributed by atoms with van der Waals surface area (Å²) >= 11 is 0. The second-order valence-electron chi connectivity index (χ2n) is 9.50. The Labute approximate surface area is 230 Å². The van der Waals surface area contributed by atoms with Crippen molar-refractivity contribution in [2.75, 3.05) is 30.0 Å². The molecule has 40 heavy (non-hydrogen) atoms. The number of aromatic amines is 1. The number of amides is 1. The van der Waals surface area contributed by atoms with Crippen molar-refractivity contribution in [1.82, 2.24) is 9.97 Å². The molecule has 0 saturated heterocycles. The van der Waals surface area contributed by atoms with Gasteiger partial charge in [0.1, 0.15) is 0 Å². The van der Waals surface area contributed by atoms with Gasteiger partial charge < -0.3 is 24.1 Å². The Morgan fingerprint density at radius 3 is 2.52 bits per heavy atom. The number of nitrogens with zero attached hydrogens (tertiary/aromatic N) is 3. The van der Waals surface area contributed by atoms with Crippen molar-refractivity contribution in [2.45, 2.75) is 19.9 Å². The van der Waals surface area contributed by atoms with Crippen molar-refractivity contribution in [1.29, 1.82) is 0 Å². The van der Waals surface area contributed by atoms with Crippen molar-refractivity contribution >= 4 is 45.3 Å². The highest BCUT2D eigenvalue weighted by molar-refractivity contribution is 6.20. The number of aliphatic hydroxyl groups is 1. The number of carbonyl (C=O) groups excluding carboxylic acids is 2. The molecule has 1 aliphatic heterocycles. The third-order valence-corrected chi connectivity index (χ3v) is 7.35. The maximum absolute atomic E-state index is 14.0. The number of fused-ring (bicyclic) bond motifs is 2. The van der Waals surface area contributed by atoms with E-state index in [1.807, 2.05) is 48.5 Å². The highest BCUT2D eigenvalue weighted by Gasteiger charge is 2.46. The smallest absolute Gasteiger partial charge is 0.296 e. The Bertz CT molecular complexity index is 1750. The number of ether oxygens (including phenoxy) is 1. The minimum Gasteiger partial charge on any atom is -0.503 e. The molecule has 9 heteroatoms. The van der Waals surface area contributed by atoms with Gasteiger partial charge in [0.05, 0.1) is 29.8 Å². The lowest BCUT2D eigenvalue weighted by atomic mass is 9.95. The van der Waals surface area contributed by atoms with Gasteiger partial charge in [-0.1, -0.05) is 36.4 Å². The number of H-pyrrole nitrogens is 1. The van der Waals surface area contributed by atoms with Crippen molar-refractivity contribution in [3.05, 3.63) is 95.5 Å². The summed E-state index contributed by atoms with van der Waals surface area (Å²) in [6, 6.07) is 21.0. The van der Waals surface area contributed by atoms with Crippen LogP contribution in [0.5, 0.6) is 5.75 Å². The van der Waals surface area contributed by atoms with Gasteiger partial charge in [-0.2, -0.15) is 0 Å². The highest BCUT2D eigenvalue weighted by Crippen LogP contribution is 2.42. The molecular formula is C31H28N4O5. The molecule has 1 amide bonds. The average Bonchev–Trinajstić information content (AvgIpc) is 3.68. The molecule has 1 atom stereocenters. The number of carbonyl (C=O) groups is 2. The van der Waals surface area contributed by atoms with Gasteiger partial charge in [-0.05, 0) is 55.8 Å². The first-order valence-corrected chi connectivity index (χ1v) is 13.1. The Balaban J connectivity index is 1.49. The molecule has 0 bridgehead atoms. The first kappa shape index (κ1) is 25.2. The van der Waals surface area contributed by atoms with Gasteiger partial charge in [0, 0.05) is 24.2 Å². The molecule has 3 aromatic carbocycles. The molecule has 1 aliphatic rings. The summed E-state index contributed by atoms with van der Waals surface area (Å²) < 4.78 is 11.3. The minimum absolute atomic E-state index is 0.00920. The van der Waals surface area contributed by atoms with Crippen molar-refractivity contribution in [3.63, 3.8) is 0 Å². The predicted octanol–water partition coefficient (Wildman–Crippen LogP) is 5.95. The first-order chi connectivity index (χ1) is 19.4. The normalized spacial score (nSPS) is 15.4. The third-order valence-electron chi connectivity index (χ3n) is 7.35. The number of ketones is 1. The van der Waals surface area contributed by atoms with Crippen LogP contribution < -0.4 is 14.5 Å². The lowest BCUT2D eigenvalue weighted by molar-refractivity contribution is -0.117. The molecule has 2 aromatic heterocycles. The molecule has 202 valence electrons. The quantitative estimate of drug-likeness (QED) is 0.236. The minimum atomic E-state index is -0.943. The Morgan fingerprint density at radius 2 is 1.82 bits per heavy atom. The van der Waals surface area contributed by atoms with Gasteiger partial charge in [0.25, 0.3) is 5.91 Å². The third kappa shape index (κ3) is 3.98. The number of rotatable bonds is 8. The summed E-state index contributed by atoms with van der Waals surface area (Å²) in [6.07, 6.45) is 0. The number of para-hydroxylation sites is 3. The fraction of sp³-hybridized carbons (Fsp3) is 0.194. The SMILES string of the molecule is CCN(CC)c1ccc(C2C(C(=O)c3cc4cccc(OC)c4o3)=C(O)C(=O)N2c2nc3ccccc3[nH]2)cc1. The van der Waals surface area contributed by atoms with E-state index >= 15 is 0 Å². The van der Waals surface area contributed by atoms with Gasteiger partial charge in [-0.25, -0.2) is 4.98 Å². The maximum atomic E-state index is 14.0. The molecule has 0 radical (unpaired) electrons. The van der Waals surface area contributed by atoms with Crippen LogP contribution in [-0.2, 0) is 4.79 Å². The van der Waals surface area contributed by atoms with Crippen molar-refractivity contribution < 1.29 is 23.8 Å². The summed E-state index contributed by atoms with van der Waals surface area (Å²) in [5.41, 5.74) is 3.37. The van der Waals surface area contributed by atoms with Gasteiger partial charge in [-0.3, -0.25) is 14.5 Å². The van der Waals surface area contributed by atoms with Crippen LogP contribution in [0.1, 0.15) is 36.0 Å². The van der Waals surface area contributed by atoms with Crippen LogP contribution in [0.4, 0.5) is 11.6 Å². The van der Waals surface area contributed by atoms with E-state index in [0.717, 1.165) is 24.3 Å². The van der Waals surface area contributed by atoms with Gasteiger partial charge in [0.15, 0.2) is 22.9 Å². The number of anilines is 2. The number of aliphatic hydroxyl groups excluding tert-OH is 1. The molecule has 5 aromatic rings. The summed E-state index contributed by atoms with van der Waals surface area (Å²) in [7, 11) is 1.52. The number of benzene rings is 3. The molecule has 0 spiro atoms. The van der Waals surface area contributed by atoms with Crippen LogP contribution in [0.3, 0.4) is 0 Å². The number of furan rings is 1. The van der Waals surface area contributed by atoms with E-state index in [0.29, 0.717) is 27.8 Å². The molecule has 1 unspecified atom stereocenters. The number of hydrogen-bond acceptors (Lipinski definition) is 7. The van der Waals surface area contributed by atoms with Crippen LogP contribution in [0, 0.1) is 0 Å². The van der Waals surface area contributed by atoms with E-state index in [2.05, 4.69) is 28.7 Å². The van der Waals surface area contributed by atoms with Crippen LogP contribution in [0.15, 0.2) is 88.5 Å². The van der Waals surface area contributed by atoms with Gasteiger partial charge in [-0.15, -0.1) is 0 Å². The standard InChI is InChI=1S/C31H28N4O5/c1-4-34(5-2)20-15-13-18(14-16-20)26-25(27(36)24-17-19-9-8-12-23(39-3)29(19)40-24)28(37)30(38)35(26)31-32-21-10-6-7-11-22(21)33-31/h6-17,26,37H,4-5H2,1-3H3,(H,32,33). The molecular weight excluding hydrogens is 508 g/mol. The molecule has 0 saturated carbocycles. The molecule has 0 aliphatic carbocycles. The van der Waals surface area contributed by atoms with Gasteiger partial charge >= 0.3 is 0 Å². The molecule has 0 fully saturated rings. The van der Waals surface area contributed by atoms with Crippen LogP contribution in [0.2, 0.25) is 0 Å². The summed E-state index contributed by atoms with van der Waals surface area (Å²) in [6.45, 7) is 5.83. The predicted molar refractivity (Wildman–Crippen MR) is 153 cm³/mol. The largest absolute Gasteiger partial charge is 0.503 e. The Morgan fingerprint density at radius 1 is 1.07 bits per heavy atom. The van der Waals surface area contributed by atoms with Crippen LogP contribution in [0.25, 0.3) is 22.0 Å². The van der Waals surface area contributed by atoms with Crippen molar-refractivity contribution in [2.24, 2.45) is 0 Å². The molecule has 2 N–H and O–H groups in total. The van der Waals surface area contributed by atoms with E-state index in [1.165, 1.54) is 12.0 Å². The monoisotopic (exact) mass is 536 g/mol. The number of hydrogen-bond donors (Lipinski definition) is 2. The zero-order valence-electron chi connectivity index (χ0n) is 22.3. The van der Waals surface area contributed by atoms with E-state index in [4.69, 9.17) is 9.15 Å². The summed E-state index contributed by atoms with van der Waals surface area (Å²) in [4.78, 5) is 38.9. The number of nitrogens with one attached hydrogen (secondary N) is 1. The molecule has 6 rings (SSSR count). The van der Waals surface area contributed by atoms with Crippen LogP contribution >= 0.6 is 0 Å². The number of Topliss-reactive ketones (excluding diaryl/α,β-unsaturated/α-hetero) is 1. The summed E-state index contributed by atoms with van der Waals surface area (Å²) in [5.74, 6) is -1.27. The van der Waals surface area contributed by atoms with E-state index in [1.54, 1.807) is 24.3 Å². The Kier molecular flexibility index (Phi) is 6.26. The zero-order chi connectivity index (χ0) is 28.0. The number of methoxy groups -OCH3 is 1. The lowest BCUT2D eigenvalue weighted by Gasteiger charge is -2.26. The topological polar surface area (TPSA) is 112 Å². The van der Waals surface area contributed by atoms with Crippen molar-refractivity contribution in [3.8, 4) is 5.75 Å².